The van der Waals surface area contributed by atoms with E-state index in [0.717, 1.165) is 27.8 Å². The number of hydrogen-bond acceptors (Lipinski definition) is 5. The minimum atomic E-state index is -2.06. The maximum absolute atomic E-state index is 15.4. The highest BCUT2D eigenvalue weighted by molar-refractivity contribution is 7.77. The Morgan fingerprint density at radius 1 is 1.28 bits per heavy atom. The molecule has 0 radical (unpaired) electrons. The Bertz CT molecular complexity index is 1160. The van der Waals surface area contributed by atoms with Crippen LogP contribution in [0.15, 0.2) is 30.3 Å². The first-order valence-corrected chi connectivity index (χ1v) is 11.8. The maximum atomic E-state index is 15.4. The predicted octanol–water partition coefficient (Wildman–Crippen LogP) is 3.89. The van der Waals surface area contributed by atoms with Crippen molar-refractivity contribution < 1.29 is 17.9 Å². The highest BCUT2D eigenvalue weighted by atomic mass is 35.5. The first-order chi connectivity index (χ1) is 15.4. The molecule has 0 aliphatic carbocycles. The van der Waals surface area contributed by atoms with Gasteiger partial charge in [0.25, 0.3) is 0 Å². The number of fused-ring (bicyclic) bond motifs is 1. The van der Waals surface area contributed by atoms with Crippen LogP contribution in [0.3, 0.4) is 0 Å². The van der Waals surface area contributed by atoms with E-state index in [-0.39, 0.29) is 11.1 Å². The Morgan fingerprint density at radius 3 is 2.81 bits per heavy atom. The van der Waals surface area contributed by atoms with Gasteiger partial charge >= 0.3 is 0 Å². The lowest BCUT2D eigenvalue weighted by atomic mass is 9.96. The number of halogens is 2. The van der Waals surface area contributed by atoms with E-state index < -0.39 is 11.3 Å². The molecule has 4 rings (SSSR count). The van der Waals surface area contributed by atoms with Crippen molar-refractivity contribution in [1.29, 1.82) is 0 Å². The van der Waals surface area contributed by atoms with E-state index >= 15 is 4.39 Å². The van der Waals surface area contributed by atoms with Crippen molar-refractivity contribution in [3.8, 4) is 11.1 Å². The van der Waals surface area contributed by atoms with Gasteiger partial charge in [0, 0.05) is 30.6 Å². The summed E-state index contributed by atoms with van der Waals surface area (Å²) in [5.41, 5.74) is 3.43. The van der Waals surface area contributed by atoms with E-state index in [1.165, 1.54) is 0 Å². The molecule has 2 aromatic carbocycles. The standard InChI is InChI=1S/C22H24ClFN4O3S/c1-14-12-16(17-6-2-4-15(19(17)24)5-3-7-25-32(29)30)13-18-20(14)26-22(23)27-21(18)28-8-10-31-11-9-28/h2,4,6,12-13,25H,3,5,7-11H2,1H3,(H,29,30). The van der Waals surface area contributed by atoms with E-state index in [1.54, 1.807) is 12.1 Å². The molecule has 1 fully saturated rings. The number of rotatable bonds is 7. The minimum Gasteiger partial charge on any atom is -0.378 e. The van der Waals surface area contributed by atoms with Crippen molar-refractivity contribution in [2.75, 3.05) is 37.7 Å². The fourth-order valence-electron chi connectivity index (χ4n) is 3.97. The smallest absolute Gasteiger partial charge is 0.231 e. The van der Waals surface area contributed by atoms with Crippen molar-refractivity contribution in [2.45, 2.75) is 19.8 Å². The molecule has 1 aliphatic rings. The van der Waals surface area contributed by atoms with E-state index in [9.17, 15) is 4.21 Å². The van der Waals surface area contributed by atoms with Crippen molar-refractivity contribution >= 4 is 39.6 Å². The van der Waals surface area contributed by atoms with Crippen LogP contribution in [0.4, 0.5) is 10.2 Å². The Hall–Kier alpha value is -2.17. The van der Waals surface area contributed by atoms with Gasteiger partial charge in [-0.25, -0.2) is 18.3 Å². The van der Waals surface area contributed by atoms with Gasteiger partial charge in [0.15, 0.2) is 0 Å². The zero-order chi connectivity index (χ0) is 22.7. The van der Waals surface area contributed by atoms with Gasteiger partial charge in [0.05, 0.1) is 18.7 Å². The third kappa shape index (κ3) is 5.07. The van der Waals surface area contributed by atoms with Crippen LogP contribution in [0.2, 0.25) is 5.28 Å². The third-order valence-corrected chi connectivity index (χ3v) is 6.11. The summed E-state index contributed by atoms with van der Waals surface area (Å²) in [6.07, 6.45) is 0.991. The van der Waals surface area contributed by atoms with Crippen LogP contribution in [0.25, 0.3) is 22.0 Å². The van der Waals surface area contributed by atoms with Crippen molar-refractivity contribution in [3.63, 3.8) is 0 Å². The largest absolute Gasteiger partial charge is 0.378 e. The van der Waals surface area contributed by atoms with Gasteiger partial charge in [-0.3, -0.25) is 4.55 Å². The van der Waals surface area contributed by atoms with Crippen LogP contribution in [0.5, 0.6) is 0 Å². The van der Waals surface area contributed by atoms with Gasteiger partial charge < -0.3 is 9.64 Å². The summed E-state index contributed by atoms with van der Waals surface area (Å²) in [5, 5.41) is 1.01. The van der Waals surface area contributed by atoms with Gasteiger partial charge in [-0.15, -0.1) is 0 Å². The number of benzene rings is 2. The SMILES string of the molecule is Cc1cc(-c2cccc(CCCNS(=O)O)c2F)cc2c(N3CCOCC3)nc(Cl)nc12. The summed E-state index contributed by atoms with van der Waals surface area (Å²) >= 11 is 4.16. The third-order valence-electron chi connectivity index (χ3n) is 5.49. The molecule has 1 unspecified atom stereocenters. The molecule has 170 valence electrons. The minimum absolute atomic E-state index is 0.181. The fourth-order valence-corrected chi connectivity index (χ4v) is 4.45. The molecule has 1 aliphatic heterocycles. The normalized spacial score (nSPS) is 15.3. The number of ether oxygens (including phenoxy) is 1. The number of nitrogens with one attached hydrogen (secondary N) is 1. The first kappa shape index (κ1) is 23.0. The number of anilines is 1. The van der Waals surface area contributed by atoms with Crippen LogP contribution < -0.4 is 9.62 Å². The van der Waals surface area contributed by atoms with Gasteiger partial charge in [0.1, 0.15) is 11.6 Å². The highest BCUT2D eigenvalue weighted by Crippen LogP contribution is 2.34. The second-order valence-electron chi connectivity index (χ2n) is 7.63. The lowest BCUT2D eigenvalue weighted by Gasteiger charge is -2.29. The van der Waals surface area contributed by atoms with Crippen LogP contribution in [-0.4, -0.2) is 51.6 Å². The van der Waals surface area contributed by atoms with Crippen molar-refractivity contribution in [2.24, 2.45) is 0 Å². The fraction of sp³-hybridized carbons (Fsp3) is 0.364. The second kappa shape index (κ2) is 10.2. The summed E-state index contributed by atoms with van der Waals surface area (Å²) in [4.78, 5) is 11.0. The van der Waals surface area contributed by atoms with Crippen molar-refractivity contribution in [1.82, 2.24) is 14.7 Å². The lowest BCUT2D eigenvalue weighted by molar-refractivity contribution is 0.122. The summed E-state index contributed by atoms with van der Waals surface area (Å²) < 4.78 is 42.8. The molecule has 1 atom stereocenters. The van der Waals surface area contributed by atoms with Crippen LogP contribution >= 0.6 is 11.6 Å². The quantitative estimate of drug-likeness (QED) is 0.304. The molecule has 0 spiro atoms. The number of nitrogens with zero attached hydrogens (tertiary/aromatic N) is 3. The topological polar surface area (TPSA) is 87.6 Å². The van der Waals surface area contributed by atoms with Crippen LogP contribution in [0.1, 0.15) is 17.5 Å². The zero-order valence-corrected chi connectivity index (χ0v) is 19.2. The zero-order valence-electron chi connectivity index (χ0n) is 17.6. The van der Waals surface area contributed by atoms with Crippen molar-refractivity contribution in [3.05, 3.63) is 52.6 Å². The average Bonchev–Trinajstić information content (AvgIpc) is 2.78. The Morgan fingerprint density at radius 2 is 2.06 bits per heavy atom. The molecule has 1 saturated heterocycles. The van der Waals surface area contributed by atoms with E-state index in [1.807, 2.05) is 25.1 Å². The summed E-state index contributed by atoms with van der Waals surface area (Å²) in [7, 11) is 0. The van der Waals surface area contributed by atoms with Gasteiger partial charge in [0.2, 0.25) is 16.6 Å². The molecular formula is C22H24ClFN4O3S. The molecule has 10 heteroatoms. The Kier molecular flexibility index (Phi) is 7.32. The molecule has 32 heavy (non-hydrogen) atoms. The summed E-state index contributed by atoms with van der Waals surface area (Å²) in [6, 6.07) is 9.15. The van der Waals surface area contributed by atoms with Crippen LogP contribution in [0, 0.1) is 12.7 Å². The van der Waals surface area contributed by atoms with E-state index in [2.05, 4.69) is 19.6 Å². The van der Waals surface area contributed by atoms with E-state index in [4.69, 9.17) is 20.9 Å². The number of aryl methyl sites for hydroxylation is 2. The second-order valence-corrected chi connectivity index (χ2v) is 8.76. The highest BCUT2D eigenvalue weighted by Gasteiger charge is 2.20. The van der Waals surface area contributed by atoms with Gasteiger partial charge in [-0.1, -0.05) is 18.2 Å². The number of morpholine rings is 1. The van der Waals surface area contributed by atoms with Gasteiger partial charge in [-0.2, -0.15) is 4.98 Å². The molecule has 0 saturated carbocycles. The summed E-state index contributed by atoms with van der Waals surface area (Å²) in [5.74, 6) is 0.437. The Labute approximate surface area is 193 Å². The average molecular weight is 479 g/mol. The predicted molar refractivity (Wildman–Crippen MR) is 125 cm³/mol. The van der Waals surface area contributed by atoms with Crippen LogP contribution in [-0.2, 0) is 22.4 Å². The maximum Gasteiger partial charge on any atom is 0.231 e. The Balaban J connectivity index is 1.73. The molecule has 7 nitrogen and oxygen atoms in total. The molecule has 0 amide bonds. The number of aromatic nitrogens is 2. The van der Waals surface area contributed by atoms with Gasteiger partial charge in [-0.05, 0) is 60.2 Å². The monoisotopic (exact) mass is 478 g/mol. The lowest BCUT2D eigenvalue weighted by Crippen LogP contribution is -2.37. The number of hydrogen-bond donors (Lipinski definition) is 2. The molecule has 2 N–H and O–H groups in total. The van der Waals surface area contributed by atoms with E-state index in [0.29, 0.717) is 56.8 Å². The summed E-state index contributed by atoms with van der Waals surface area (Å²) in [6.45, 7) is 4.86. The molecule has 0 bridgehead atoms. The first-order valence-electron chi connectivity index (χ1n) is 10.4. The molecular weight excluding hydrogens is 455 g/mol. The molecule has 2 heterocycles. The molecule has 3 aromatic rings. The molecule has 1 aromatic heterocycles.